The predicted molar refractivity (Wildman–Crippen MR) is 134 cm³/mol. The van der Waals surface area contributed by atoms with Gasteiger partial charge in [-0.1, -0.05) is 35.9 Å². The zero-order valence-electron chi connectivity index (χ0n) is 16.9. The molecule has 3 aromatic rings. The summed E-state index contributed by atoms with van der Waals surface area (Å²) < 4.78 is 6.90. The van der Waals surface area contributed by atoms with Crippen LogP contribution in [0.4, 0.5) is 5.69 Å². The van der Waals surface area contributed by atoms with E-state index in [1.54, 1.807) is 48.5 Å². The molecular formula is C23H18Br2ClN3O3. The summed E-state index contributed by atoms with van der Waals surface area (Å²) in [6.45, 7) is 1.70. The van der Waals surface area contributed by atoms with Crippen LogP contribution < -0.4 is 15.5 Å². The average Bonchev–Trinajstić information content (AvgIpc) is 2.76. The van der Waals surface area contributed by atoms with Gasteiger partial charge >= 0.3 is 0 Å². The Morgan fingerprint density at radius 2 is 1.75 bits per heavy atom. The molecule has 0 radical (unpaired) electrons. The number of hydrogen-bond acceptors (Lipinski definition) is 4. The van der Waals surface area contributed by atoms with E-state index in [-0.39, 0.29) is 18.4 Å². The number of halogens is 3. The number of nitrogens with one attached hydrogen (secondary N) is 2. The minimum Gasteiger partial charge on any atom is -0.481 e. The van der Waals surface area contributed by atoms with Gasteiger partial charge < -0.3 is 10.1 Å². The van der Waals surface area contributed by atoms with E-state index in [1.807, 2.05) is 19.1 Å². The van der Waals surface area contributed by atoms with Crippen LogP contribution in [-0.2, 0) is 4.79 Å². The molecule has 0 bridgehead atoms. The first-order valence-corrected chi connectivity index (χ1v) is 11.4. The Labute approximate surface area is 207 Å². The summed E-state index contributed by atoms with van der Waals surface area (Å²) in [5.41, 5.74) is 5.23. The van der Waals surface area contributed by atoms with Crippen molar-refractivity contribution >= 4 is 67.2 Å². The van der Waals surface area contributed by atoms with Gasteiger partial charge in [0.25, 0.3) is 11.8 Å². The van der Waals surface area contributed by atoms with Gasteiger partial charge in [0.05, 0.1) is 15.2 Å². The van der Waals surface area contributed by atoms with Crippen LogP contribution >= 0.6 is 43.5 Å². The number of benzene rings is 3. The van der Waals surface area contributed by atoms with Gasteiger partial charge in [-0.05, 0) is 86.3 Å². The highest BCUT2D eigenvalue weighted by Gasteiger charge is 2.12. The maximum Gasteiger partial charge on any atom is 0.271 e. The molecular weight excluding hydrogens is 562 g/mol. The number of aryl methyl sites for hydroxylation is 1. The first-order valence-electron chi connectivity index (χ1n) is 9.40. The number of nitrogens with zero attached hydrogens (tertiary/aromatic N) is 1. The van der Waals surface area contributed by atoms with E-state index < -0.39 is 0 Å². The molecule has 0 saturated carbocycles. The van der Waals surface area contributed by atoms with Crippen molar-refractivity contribution in [3.63, 3.8) is 0 Å². The molecule has 3 rings (SSSR count). The van der Waals surface area contributed by atoms with E-state index in [1.165, 1.54) is 6.21 Å². The first-order chi connectivity index (χ1) is 15.3. The molecule has 0 spiro atoms. The molecule has 2 N–H and O–H groups in total. The number of carbonyl (C=O) groups excluding carboxylic acids is 2. The Hall–Kier alpha value is -2.68. The van der Waals surface area contributed by atoms with Crippen LogP contribution in [0, 0.1) is 6.92 Å². The van der Waals surface area contributed by atoms with Crippen LogP contribution in [0.15, 0.2) is 74.7 Å². The lowest BCUT2D eigenvalue weighted by Gasteiger charge is -2.12. The molecule has 0 aliphatic heterocycles. The molecule has 0 aliphatic carbocycles. The Morgan fingerprint density at radius 3 is 2.41 bits per heavy atom. The standard InChI is InChI=1S/C23H18Br2ClN3O3/c1-14-7-8-17(11-20(14)26)28-21(30)13-32-22-18(24)9-15(10-19(22)25)12-27-29-23(31)16-5-3-2-4-6-16/h2-12H,13H2,1H3,(H,28,30)(H,29,31)/b27-12+. The van der Waals surface area contributed by atoms with Gasteiger partial charge in [0.2, 0.25) is 0 Å². The predicted octanol–water partition coefficient (Wildman–Crippen LogP) is 5.95. The summed E-state index contributed by atoms with van der Waals surface area (Å²) in [6.07, 6.45) is 1.51. The van der Waals surface area contributed by atoms with Gasteiger partial charge in [-0.2, -0.15) is 5.10 Å². The molecule has 0 saturated heterocycles. The average molecular weight is 580 g/mol. The number of amides is 2. The highest BCUT2D eigenvalue weighted by atomic mass is 79.9. The number of hydrazone groups is 1. The van der Waals surface area contributed by atoms with Crippen LogP contribution in [0.2, 0.25) is 5.02 Å². The summed E-state index contributed by atoms with van der Waals surface area (Å²) in [4.78, 5) is 24.3. The van der Waals surface area contributed by atoms with E-state index in [9.17, 15) is 9.59 Å². The van der Waals surface area contributed by atoms with E-state index >= 15 is 0 Å². The van der Waals surface area contributed by atoms with E-state index in [4.69, 9.17) is 16.3 Å². The van der Waals surface area contributed by atoms with Crippen LogP contribution in [0.3, 0.4) is 0 Å². The van der Waals surface area contributed by atoms with E-state index in [2.05, 4.69) is 47.7 Å². The second-order valence-electron chi connectivity index (χ2n) is 6.68. The fourth-order valence-corrected chi connectivity index (χ4v) is 4.25. The molecule has 0 fully saturated rings. The molecule has 6 nitrogen and oxygen atoms in total. The summed E-state index contributed by atoms with van der Waals surface area (Å²) in [6, 6.07) is 17.6. The van der Waals surface area contributed by atoms with Gasteiger partial charge in [-0.3, -0.25) is 9.59 Å². The minimum atomic E-state index is -0.321. The summed E-state index contributed by atoms with van der Waals surface area (Å²) in [5.74, 6) is -0.161. The molecule has 0 heterocycles. The monoisotopic (exact) mass is 577 g/mol. The van der Waals surface area contributed by atoms with Crippen LogP contribution in [0.25, 0.3) is 0 Å². The zero-order chi connectivity index (χ0) is 23.1. The highest BCUT2D eigenvalue weighted by molar-refractivity contribution is 9.11. The molecule has 2 amide bonds. The van der Waals surface area contributed by atoms with Crippen LogP contribution in [-0.4, -0.2) is 24.6 Å². The largest absolute Gasteiger partial charge is 0.481 e. The molecule has 32 heavy (non-hydrogen) atoms. The van der Waals surface area contributed by atoms with Gasteiger partial charge in [0.15, 0.2) is 6.61 Å². The number of carbonyl (C=O) groups is 2. The maximum absolute atomic E-state index is 12.2. The number of rotatable bonds is 7. The van der Waals surface area contributed by atoms with Gasteiger partial charge in [0, 0.05) is 16.3 Å². The molecule has 0 unspecified atom stereocenters. The molecule has 3 aromatic carbocycles. The maximum atomic E-state index is 12.2. The van der Waals surface area contributed by atoms with Crippen molar-refractivity contribution in [2.75, 3.05) is 11.9 Å². The Kier molecular flexibility index (Phi) is 8.44. The van der Waals surface area contributed by atoms with Gasteiger partial charge in [-0.15, -0.1) is 0 Å². The number of hydrogen-bond donors (Lipinski definition) is 2. The van der Waals surface area contributed by atoms with Crippen molar-refractivity contribution in [3.05, 3.63) is 91.3 Å². The number of ether oxygens (including phenoxy) is 1. The topological polar surface area (TPSA) is 79.8 Å². The Morgan fingerprint density at radius 1 is 1.06 bits per heavy atom. The summed E-state index contributed by atoms with van der Waals surface area (Å²) in [7, 11) is 0. The smallest absolute Gasteiger partial charge is 0.271 e. The minimum absolute atomic E-state index is 0.191. The quantitative estimate of drug-likeness (QED) is 0.268. The normalized spacial score (nSPS) is 10.8. The molecule has 9 heteroatoms. The lowest BCUT2D eigenvalue weighted by Crippen LogP contribution is -2.20. The van der Waals surface area contributed by atoms with Crippen LogP contribution in [0.5, 0.6) is 5.75 Å². The Bertz CT molecular complexity index is 1150. The second-order valence-corrected chi connectivity index (χ2v) is 8.80. The molecule has 0 aromatic heterocycles. The third-order valence-corrected chi connectivity index (χ3v) is 5.82. The zero-order valence-corrected chi connectivity index (χ0v) is 20.8. The SMILES string of the molecule is Cc1ccc(NC(=O)COc2c(Br)cc(/C=N/NC(=O)c3ccccc3)cc2Br)cc1Cl. The fraction of sp³-hybridized carbons (Fsp3) is 0.0870. The van der Waals surface area contributed by atoms with Crippen molar-refractivity contribution in [1.82, 2.24) is 5.43 Å². The summed E-state index contributed by atoms with van der Waals surface area (Å²) >= 11 is 13.0. The lowest BCUT2D eigenvalue weighted by molar-refractivity contribution is -0.118. The summed E-state index contributed by atoms with van der Waals surface area (Å²) in [5, 5.41) is 7.30. The van der Waals surface area contributed by atoms with Crippen molar-refractivity contribution in [2.45, 2.75) is 6.92 Å². The van der Waals surface area contributed by atoms with Crippen molar-refractivity contribution in [2.24, 2.45) is 5.10 Å². The van der Waals surface area contributed by atoms with Gasteiger partial charge in [0.1, 0.15) is 5.75 Å². The highest BCUT2D eigenvalue weighted by Crippen LogP contribution is 2.34. The molecule has 0 atom stereocenters. The number of anilines is 1. The van der Waals surface area contributed by atoms with Crippen molar-refractivity contribution in [1.29, 1.82) is 0 Å². The lowest BCUT2D eigenvalue weighted by atomic mass is 10.2. The fourth-order valence-electron chi connectivity index (χ4n) is 2.62. The first kappa shape index (κ1) is 24.0. The second kappa shape index (κ2) is 11.3. The molecule has 164 valence electrons. The van der Waals surface area contributed by atoms with Crippen LogP contribution in [0.1, 0.15) is 21.5 Å². The third-order valence-electron chi connectivity index (χ3n) is 4.24. The molecule has 0 aliphatic rings. The Balaban J connectivity index is 1.58. The van der Waals surface area contributed by atoms with Gasteiger partial charge in [-0.25, -0.2) is 5.43 Å². The van der Waals surface area contributed by atoms with Crippen molar-refractivity contribution in [3.8, 4) is 5.75 Å². The van der Waals surface area contributed by atoms with Crippen molar-refractivity contribution < 1.29 is 14.3 Å². The van der Waals surface area contributed by atoms with E-state index in [0.29, 0.717) is 36.5 Å². The third kappa shape index (κ3) is 6.66. The van der Waals surface area contributed by atoms with E-state index in [0.717, 1.165) is 5.56 Å².